The van der Waals surface area contributed by atoms with Gasteiger partial charge in [0, 0.05) is 5.38 Å². The first-order chi connectivity index (χ1) is 7.24. The fraction of sp³-hybridized carbons (Fsp3) is 0.750. The first kappa shape index (κ1) is 12.7. The van der Waals surface area contributed by atoms with Gasteiger partial charge in [-0.25, -0.2) is 4.98 Å². The minimum absolute atomic E-state index is 0.350. The van der Waals surface area contributed by atoms with E-state index in [-0.39, 0.29) is 6.10 Å². The summed E-state index contributed by atoms with van der Waals surface area (Å²) in [6.07, 6.45) is 6.72. The van der Waals surface area contributed by atoms with E-state index in [0.717, 1.165) is 23.5 Å². The van der Waals surface area contributed by atoms with Gasteiger partial charge in [-0.15, -0.1) is 11.3 Å². The van der Waals surface area contributed by atoms with Crippen LogP contribution in [0, 0.1) is 6.92 Å². The topological polar surface area (TPSA) is 33.1 Å². The molecule has 0 fully saturated rings. The average molecular weight is 227 g/mol. The lowest BCUT2D eigenvalue weighted by molar-refractivity contribution is 0.159. The Balaban J connectivity index is 2.16. The first-order valence-corrected chi connectivity index (χ1v) is 6.72. The van der Waals surface area contributed by atoms with Crippen molar-refractivity contribution in [2.24, 2.45) is 0 Å². The van der Waals surface area contributed by atoms with E-state index in [1.165, 1.54) is 25.7 Å². The van der Waals surface area contributed by atoms with Crippen molar-refractivity contribution in [1.29, 1.82) is 0 Å². The number of unbranched alkanes of at least 4 members (excludes halogenated alkanes) is 4. The SMILES string of the molecule is CCCCCCCC(O)c1csc(C)n1. The van der Waals surface area contributed by atoms with Crippen molar-refractivity contribution in [2.45, 2.75) is 58.5 Å². The molecule has 1 atom stereocenters. The smallest absolute Gasteiger partial charge is 0.0968 e. The zero-order valence-corrected chi connectivity index (χ0v) is 10.5. The lowest BCUT2D eigenvalue weighted by atomic mass is 10.1. The Morgan fingerprint density at radius 1 is 1.33 bits per heavy atom. The number of aliphatic hydroxyl groups is 1. The van der Waals surface area contributed by atoms with E-state index < -0.39 is 0 Å². The number of rotatable bonds is 7. The van der Waals surface area contributed by atoms with Crippen LogP contribution < -0.4 is 0 Å². The minimum atomic E-state index is -0.350. The maximum absolute atomic E-state index is 9.83. The summed E-state index contributed by atoms with van der Waals surface area (Å²) in [5.74, 6) is 0. The summed E-state index contributed by atoms with van der Waals surface area (Å²) < 4.78 is 0. The Hall–Kier alpha value is -0.410. The summed E-state index contributed by atoms with van der Waals surface area (Å²) in [6, 6.07) is 0. The van der Waals surface area contributed by atoms with E-state index in [1.54, 1.807) is 11.3 Å². The molecule has 1 aromatic heterocycles. The predicted octanol–water partition coefficient (Wildman–Crippen LogP) is 3.85. The number of nitrogens with zero attached hydrogens (tertiary/aromatic N) is 1. The van der Waals surface area contributed by atoms with Gasteiger partial charge in [-0.3, -0.25) is 0 Å². The molecular weight excluding hydrogens is 206 g/mol. The summed E-state index contributed by atoms with van der Waals surface area (Å²) in [7, 11) is 0. The number of aromatic nitrogens is 1. The zero-order chi connectivity index (χ0) is 11.1. The van der Waals surface area contributed by atoms with Crippen molar-refractivity contribution >= 4 is 11.3 Å². The van der Waals surface area contributed by atoms with Crippen molar-refractivity contribution in [1.82, 2.24) is 4.98 Å². The van der Waals surface area contributed by atoms with Gasteiger partial charge in [-0.05, 0) is 13.3 Å². The van der Waals surface area contributed by atoms with Crippen molar-refractivity contribution in [3.63, 3.8) is 0 Å². The number of thiazole rings is 1. The minimum Gasteiger partial charge on any atom is -0.387 e. The van der Waals surface area contributed by atoms with Crippen molar-refractivity contribution in [3.8, 4) is 0 Å². The van der Waals surface area contributed by atoms with Gasteiger partial charge in [0.25, 0.3) is 0 Å². The van der Waals surface area contributed by atoms with Crippen LogP contribution in [0.15, 0.2) is 5.38 Å². The fourth-order valence-corrected chi connectivity index (χ4v) is 2.28. The molecule has 1 rings (SSSR count). The fourth-order valence-electron chi connectivity index (χ4n) is 1.62. The summed E-state index contributed by atoms with van der Waals surface area (Å²) >= 11 is 1.61. The van der Waals surface area contributed by atoms with Crippen LogP contribution >= 0.6 is 11.3 Å². The molecule has 0 spiro atoms. The molecule has 0 saturated carbocycles. The van der Waals surface area contributed by atoms with Gasteiger partial charge >= 0.3 is 0 Å². The van der Waals surface area contributed by atoms with Crippen LogP contribution in [0.2, 0.25) is 0 Å². The highest BCUT2D eigenvalue weighted by Crippen LogP contribution is 2.21. The Morgan fingerprint density at radius 3 is 2.67 bits per heavy atom. The van der Waals surface area contributed by atoms with Gasteiger partial charge < -0.3 is 5.11 Å². The molecule has 1 N–H and O–H groups in total. The van der Waals surface area contributed by atoms with Crippen molar-refractivity contribution in [3.05, 3.63) is 16.1 Å². The van der Waals surface area contributed by atoms with Crippen LogP contribution in [-0.2, 0) is 0 Å². The molecule has 2 nitrogen and oxygen atoms in total. The highest BCUT2D eigenvalue weighted by molar-refractivity contribution is 7.09. The maximum Gasteiger partial charge on any atom is 0.0968 e. The molecule has 1 heterocycles. The highest BCUT2D eigenvalue weighted by Gasteiger charge is 2.09. The van der Waals surface area contributed by atoms with Crippen LogP contribution in [0.5, 0.6) is 0 Å². The molecule has 0 aliphatic rings. The lowest BCUT2D eigenvalue weighted by Crippen LogP contribution is -1.97. The van der Waals surface area contributed by atoms with Gasteiger partial charge in [0.2, 0.25) is 0 Å². The molecule has 1 unspecified atom stereocenters. The molecule has 0 aliphatic carbocycles. The van der Waals surface area contributed by atoms with Crippen molar-refractivity contribution < 1.29 is 5.11 Å². The number of hydrogen-bond donors (Lipinski definition) is 1. The number of hydrogen-bond acceptors (Lipinski definition) is 3. The van der Waals surface area contributed by atoms with E-state index >= 15 is 0 Å². The molecule has 0 radical (unpaired) electrons. The van der Waals surface area contributed by atoms with Crippen LogP contribution in [0.25, 0.3) is 0 Å². The van der Waals surface area contributed by atoms with Crippen molar-refractivity contribution in [2.75, 3.05) is 0 Å². The third-order valence-electron chi connectivity index (χ3n) is 2.56. The van der Waals surface area contributed by atoms with Crippen LogP contribution in [0.4, 0.5) is 0 Å². The molecule has 0 amide bonds. The number of aryl methyl sites for hydroxylation is 1. The summed E-state index contributed by atoms with van der Waals surface area (Å²) in [4.78, 5) is 4.29. The van der Waals surface area contributed by atoms with E-state index in [4.69, 9.17) is 0 Å². The van der Waals surface area contributed by atoms with E-state index in [2.05, 4.69) is 11.9 Å². The third kappa shape index (κ3) is 4.76. The lowest BCUT2D eigenvalue weighted by Gasteiger charge is -2.06. The standard InChI is InChI=1S/C12H21NOS/c1-3-4-5-6-7-8-12(14)11-9-15-10(2)13-11/h9,12,14H,3-8H2,1-2H3. The molecule has 0 aliphatic heterocycles. The first-order valence-electron chi connectivity index (χ1n) is 5.84. The van der Waals surface area contributed by atoms with Gasteiger partial charge in [0.15, 0.2) is 0 Å². The maximum atomic E-state index is 9.83. The Morgan fingerprint density at radius 2 is 2.07 bits per heavy atom. The van der Waals surface area contributed by atoms with E-state index in [9.17, 15) is 5.11 Å². The summed E-state index contributed by atoms with van der Waals surface area (Å²) in [5.41, 5.74) is 0.855. The Labute approximate surface area is 96.4 Å². The Kier molecular flexibility index (Phi) is 5.88. The quantitative estimate of drug-likeness (QED) is 0.718. The molecule has 3 heteroatoms. The average Bonchev–Trinajstić information content (AvgIpc) is 2.64. The number of aliphatic hydroxyl groups excluding tert-OH is 1. The second-order valence-electron chi connectivity index (χ2n) is 4.01. The molecule has 0 aromatic carbocycles. The summed E-state index contributed by atoms with van der Waals surface area (Å²) in [6.45, 7) is 4.19. The molecule has 0 saturated heterocycles. The zero-order valence-electron chi connectivity index (χ0n) is 9.70. The molecule has 15 heavy (non-hydrogen) atoms. The molecular formula is C12H21NOS. The summed E-state index contributed by atoms with van der Waals surface area (Å²) in [5, 5.41) is 12.8. The Bertz CT molecular complexity index is 272. The second kappa shape index (κ2) is 6.96. The highest BCUT2D eigenvalue weighted by atomic mass is 32.1. The van der Waals surface area contributed by atoms with Crippen LogP contribution in [0.1, 0.15) is 62.3 Å². The largest absolute Gasteiger partial charge is 0.387 e. The van der Waals surface area contributed by atoms with Gasteiger partial charge in [0.1, 0.15) is 0 Å². The molecule has 86 valence electrons. The monoisotopic (exact) mass is 227 g/mol. The normalized spacial score (nSPS) is 13.0. The van der Waals surface area contributed by atoms with Crippen LogP contribution in [-0.4, -0.2) is 10.1 Å². The predicted molar refractivity (Wildman–Crippen MR) is 65.2 cm³/mol. The third-order valence-corrected chi connectivity index (χ3v) is 3.35. The van der Waals surface area contributed by atoms with Gasteiger partial charge in [-0.2, -0.15) is 0 Å². The van der Waals surface area contributed by atoms with Gasteiger partial charge in [0.05, 0.1) is 16.8 Å². The molecule has 0 bridgehead atoms. The molecule has 1 aromatic rings. The van der Waals surface area contributed by atoms with Crippen LogP contribution in [0.3, 0.4) is 0 Å². The van der Waals surface area contributed by atoms with E-state index in [0.29, 0.717) is 0 Å². The van der Waals surface area contributed by atoms with Gasteiger partial charge in [-0.1, -0.05) is 39.0 Å². The second-order valence-corrected chi connectivity index (χ2v) is 5.07. The van der Waals surface area contributed by atoms with E-state index in [1.807, 2.05) is 12.3 Å².